The van der Waals surface area contributed by atoms with Crippen LogP contribution in [0.1, 0.15) is 31.9 Å². The van der Waals surface area contributed by atoms with Crippen LogP contribution in [0.4, 0.5) is 4.39 Å². The fourth-order valence-electron chi connectivity index (χ4n) is 2.40. The van der Waals surface area contributed by atoms with Crippen LogP contribution < -0.4 is 10.6 Å². The second-order valence-electron chi connectivity index (χ2n) is 6.73. The van der Waals surface area contributed by atoms with Crippen LogP contribution in [0.2, 0.25) is 0 Å². The van der Waals surface area contributed by atoms with E-state index in [1.165, 1.54) is 12.1 Å². The van der Waals surface area contributed by atoms with E-state index in [1.54, 1.807) is 7.05 Å². The Labute approximate surface area is 151 Å². The third-order valence-corrected chi connectivity index (χ3v) is 3.77. The molecule has 1 aromatic carbocycles. The molecule has 0 fully saturated rings. The van der Waals surface area contributed by atoms with Crippen LogP contribution in [-0.2, 0) is 4.74 Å². The summed E-state index contributed by atoms with van der Waals surface area (Å²) in [5.74, 6) is 1.11. The molecule has 0 spiro atoms. The van der Waals surface area contributed by atoms with E-state index in [0.29, 0.717) is 12.5 Å². The Kier molecular flexibility index (Phi) is 10.1. The molecule has 0 aromatic heterocycles. The molecule has 6 heteroatoms. The average molecular weight is 352 g/mol. The Morgan fingerprint density at radius 3 is 2.44 bits per heavy atom. The van der Waals surface area contributed by atoms with E-state index >= 15 is 0 Å². The first-order valence-corrected chi connectivity index (χ1v) is 8.88. The van der Waals surface area contributed by atoms with Gasteiger partial charge in [-0.3, -0.25) is 4.99 Å². The number of hydrogen-bond acceptors (Lipinski definition) is 3. The van der Waals surface area contributed by atoms with Crippen molar-refractivity contribution in [1.82, 2.24) is 15.5 Å². The predicted molar refractivity (Wildman–Crippen MR) is 102 cm³/mol. The molecule has 0 radical (unpaired) electrons. The molecular weight excluding hydrogens is 319 g/mol. The normalized spacial score (nSPS) is 13.4. The fourth-order valence-corrected chi connectivity index (χ4v) is 2.40. The number of benzene rings is 1. The summed E-state index contributed by atoms with van der Waals surface area (Å²) in [6.07, 6.45) is 0.933. The van der Waals surface area contributed by atoms with Crippen molar-refractivity contribution in [2.75, 3.05) is 47.4 Å². The second-order valence-corrected chi connectivity index (χ2v) is 6.73. The third-order valence-electron chi connectivity index (χ3n) is 3.77. The van der Waals surface area contributed by atoms with E-state index in [2.05, 4.69) is 34.4 Å². The van der Waals surface area contributed by atoms with Gasteiger partial charge in [-0.2, -0.15) is 0 Å². The predicted octanol–water partition coefficient (Wildman–Crippen LogP) is 2.66. The summed E-state index contributed by atoms with van der Waals surface area (Å²) in [7, 11) is 5.78. The topological polar surface area (TPSA) is 48.9 Å². The van der Waals surface area contributed by atoms with E-state index < -0.39 is 0 Å². The van der Waals surface area contributed by atoms with Gasteiger partial charge in [-0.15, -0.1) is 0 Å². The molecule has 1 atom stereocenters. The largest absolute Gasteiger partial charge is 0.381 e. The van der Waals surface area contributed by atoms with E-state index in [9.17, 15) is 4.39 Å². The lowest BCUT2D eigenvalue weighted by molar-refractivity contribution is 0.108. The number of hydrogen-bond donors (Lipinski definition) is 2. The van der Waals surface area contributed by atoms with Crippen molar-refractivity contribution in [2.45, 2.75) is 26.3 Å². The highest BCUT2D eigenvalue weighted by Crippen LogP contribution is 2.17. The monoisotopic (exact) mass is 352 g/mol. The zero-order valence-corrected chi connectivity index (χ0v) is 16.2. The maximum Gasteiger partial charge on any atom is 0.191 e. The highest BCUT2D eigenvalue weighted by atomic mass is 19.1. The molecule has 0 aliphatic carbocycles. The Morgan fingerprint density at radius 2 is 1.88 bits per heavy atom. The highest BCUT2D eigenvalue weighted by molar-refractivity contribution is 5.79. The van der Waals surface area contributed by atoms with Crippen LogP contribution in [0.5, 0.6) is 0 Å². The SMILES string of the molecule is CN=C(NCCCOCC(C)C)NCC(c1ccc(F)cc1)N(C)C. The maximum atomic E-state index is 13.1. The van der Waals surface area contributed by atoms with Gasteiger partial charge >= 0.3 is 0 Å². The van der Waals surface area contributed by atoms with Gasteiger partial charge in [-0.1, -0.05) is 26.0 Å². The van der Waals surface area contributed by atoms with Crippen LogP contribution in [0.25, 0.3) is 0 Å². The van der Waals surface area contributed by atoms with Gasteiger partial charge in [0.25, 0.3) is 0 Å². The minimum absolute atomic E-state index is 0.133. The molecule has 0 bridgehead atoms. The molecule has 0 amide bonds. The van der Waals surface area contributed by atoms with Gasteiger partial charge < -0.3 is 20.3 Å². The third kappa shape index (κ3) is 8.84. The Balaban J connectivity index is 2.39. The molecule has 2 N–H and O–H groups in total. The van der Waals surface area contributed by atoms with Crippen molar-refractivity contribution >= 4 is 5.96 Å². The second kappa shape index (κ2) is 11.8. The summed E-state index contributed by atoms with van der Waals surface area (Å²) in [5.41, 5.74) is 1.07. The van der Waals surface area contributed by atoms with Gasteiger partial charge in [-0.25, -0.2) is 4.39 Å². The van der Waals surface area contributed by atoms with Gasteiger partial charge in [0.2, 0.25) is 0 Å². The Hall–Kier alpha value is -1.66. The van der Waals surface area contributed by atoms with Crippen molar-refractivity contribution < 1.29 is 9.13 Å². The summed E-state index contributed by atoms with van der Waals surface area (Å²) in [6, 6.07) is 6.77. The number of guanidine groups is 1. The molecule has 1 unspecified atom stereocenters. The van der Waals surface area contributed by atoms with E-state index in [-0.39, 0.29) is 11.9 Å². The van der Waals surface area contributed by atoms with Crippen LogP contribution in [-0.4, -0.2) is 58.3 Å². The van der Waals surface area contributed by atoms with Crippen molar-refractivity contribution in [3.63, 3.8) is 0 Å². The molecule has 0 aliphatic rings. The Bertz CT molecular complexity index is 503. The number of halogens is 1. The smallest absolute Gasteiger partial charge is 0.191 e. The summed E-state index contributed by atoms with van der Waals surface area (Å²) >= 11 is 0. The number of ether oxygens (including phenoxy) is 1. The molecule has 1 rings (SSSR count). The quantitative estimate of drug-likeness (QED) is 0.386. The van der Waals surface area contributed by atoms with E-state index in [0.717, 1.165) is 37.7 Å². The lowest BCUT2D eigenvalue weighted by Crippen LogP contribution is -2.42. The van der Waals surface area contributed by atoms with E-state index in [4.69, 9.17) is 4.74 Å². The number of likely N-dealkylation sites (N-methyl/N-ethyl adjacent to an activating group) is 1. The lowest BCUT2D eigenvalue weighted by Gasteiger charge is -2.26. The lowest BCUT2D eigenvalue weighted by atomic mass is 10.1. The number of rotatable bonds is 10. The molecule has 0 saturated carbocycles. The van der Waals surface area contributed by atoms with Crippen molar-refractivity contribution in [1.29, 1.82) is 0 Å². The molecule has 142 valence electrons. The summed E-state index contributed by atoms with van der Waals surface area (Å²) < 4.78 is 18.7. The zero-order chi connectivity index (χ0) is 18.7. The number of nitrogens with zero attached hydrogens (tertiary/aromatic N) is 2. The minimum Gasteiger partial charge on any atom is -0.381 e. The minimum atomic E-state index is -0.216. The summed E-state index contributed by atoms with van der Waals surface area (Å²) in [6.45, 7) is 7.33. The molecule has 25 heavy (non-hydrogen) atoms. The van der Waals surface area contributed by atoms with Crippen molar-refractivity contribution in [3.8, 4) is 0 Å². The molecular formula is C19H33FN4O. The maximum absolute atomic E-state index is 13.1. The summed E-state index contributed by atoms with van der Waals surface area (Å²) in [4.78, 5) is 6.35. The summed E-state index contributed by atoms with van der Waals surface area (Å²) in [5, 5.41) is 6.63. The molecule has 0 heterocycles. The number of nitrogens with one attached hydrogen (secondary N) is 2. The first-order chi connectivity index (χ1) is 11.9. The van der Waals surface area contributed by atoms with Gasteiger partial charge in [0.1, 0.15) is 5.82 Å². The number of aliphatic imine (C=N–C) groups is 1. The standard InChI is InChI=1S/C19H33FN4O/c1-15(2)14-25-12-6-11-22-19(21-3)23-13-18(24(4)5)16-7-9-17(20)10-8-16/h7-10,15,18H,6,11-14H2,1-5H3,(H2,21,22,23). The van der Waals surface area contributed by atoms with Gasteiger partial charge in [0, 0.05) is 33.4 Å². The van der Waals surface area contributed by atoms with Crippen molar-refractivity contribution in [3.05, 3.63) is 35.6 Å². The van der Waals surface area contributed by atoms with E-state index in [1.807, 2.05) is 26.2 Å². The molecule has 5 nitrogen and oxygen atoms in total. The molecule has 0 saturated heterocycles. The fraction of sp³-hybridized carbons (Fsp3) is 0.632. The van der Waals surface area contributed by atoms with Gasteiger partial charge in [0.15, 0.2) is 5.96 Å². The van der Waals surface area contributed by atoms with Crippen molar-refractivity contribution in [2.24, 2.45) is 10.9 Å². The molecule has 0 aliphatic heterocycles. The first-order valence-electron chi connectivity index (χ1n) is 8.88. The van der Waals surface area contributed by atoms with Crippen LogP contribution >= 0.6 is 0 Å². The first kappa shape index (κ1) is 21.4. The Morgan fingerprint density at radius 1 is 1.20 bits per heavy atom. The van der Waals surface area contributed by atoms with Crippen LogP contribution in [0, 0.1) is 11.7 Å². The zero-order valence-electron chi connectivity index (χ0n) is 16.2. The van der Waals surface area contributed by atoms with Crippen LogP contribution in [0.3, 0.4) is 0 Å². The average Bonchev–Trinajstić information content (AvgIpc) is 2.57. The molecule has 1 aromatic rings. The highest BCUT2D eigenvalue weighted by Gasteiger charge is 2.14. The van der Waals surface area contributed by atoms with Crippen LogP contribution in [0.15, 0.2) is 29.3 Å². The van der Waals surface area contributed by atoms with Gasteiger partial charge in [-0.05, 0) is 44.1 Å². The van der Waals surface area contributed by atoms with Gasteiger partial charge in [0.05, 0.1) is 6.04 Å².